The predicted molar refractivity (Wildman–Crippen MR) is 74.8 cm³/mol. The van der Waals surface area contributed by atoms with Crippen molar-refractivity contribution in [2.24, 2.45) is 5.92 Å². The van der Waals surface area contributed by atoms with Gasteiger partial charge >= 0.3 is 0 Å². The summed E-state index contributed by atoms with van der Waals surface area (Å²) >= 11 is 0. The summed E-state index contributed by atoms with van der Waals surface area (Å²) < 4.78 is 14.0. The molecule has 0 spiro atoms. The van der Waals surface area contributed by atoms with Gasteiger partial charge in [0.25, 0.3) is 5.91 Å². The van der Waals surface area contributed by atoms with Gasteiger partial charge in [0.2, 0.25) is 0 Å². The van der Waals surface area contributed by atoms with Crippen LogP contribution in [-0.2, 0) is 0 Å². The lowest BCUT2D eigenvalue weighted by atomic mass is 10.1. The summed E-state index contributed by atoms with van der Waals surface area (Å²) in [4.78, 5) is 15.8. The first kappa shape index (κ1) is 15.4. The molecule has 0 saturated heterocycles. The lowest BCUT2D eigenvalue weighted by molar-refractivity contribution is 0.0948. The van der Waals surface area contributed by atoms with Crippen molar-refractivity contribution in [3.8, 4) is 0 Å². The molecule has 0 aliphatic carbocycles. The fourth-order valence-corrected chi connectivity index (χ4v) is 1.56. The normalized spacial score (nSPS) is 10.6. The molecular weight excluding hydrogens is 245 g/mol. The third-order valence-corrected chi connectivity index (χ3v) is 2.68. The van der Waals surface area contributed by atoms with E-state index in [2.05, 4.69) is 29.5 Å². The van der Waals surface area contributed by atoms with Gasteiger partial charge in [0, 0.05) is 19.3 Å². The Balaban J connectivity index is 2.68. The third-order valence-electron chi connectivity index (χ3n) is 2.68. The van der Waals surface area contributed by atoms with E-state index in [1.54, 1.807) is 0 Å². The van der Waals surface area contributed by atoms with Crippen molar-refractivity contribution in [2.45, 2.75) is 33.6 Å². The van der Waals surface area contributed by atoms with Crippen LogP contribution in [0.25, 0.3) is 0 Å². The summed E-state index contributed by atoms with van der Waals surface area (Å²) in [6.07, 6.45) is 3.18. The van der Waals surface area contributed by atoms with E-state index < -0.39 is 5.82 Å². The summed E-state index contributed by atoms with van der Waals surface area (Å²) in [5.74, 6) is -0.333. The number of carbonyl (C=O) groups excluding carboxylic acids is 1. The molecule has 0 aliphatic rings. The zero-order chi connectivity index (χ0) is 14.3. The lowest BCUT2D eigenvalue weighted by Gasteiger charge is -2.10. The molecule has 5 heteroatoms. The van der Waals surface area contributed by atoms with E-state index >= 15 is 0 Å². The standard InChI is InChI=1S/C14H22FN3O/c1-4-7-16-13-12(15)11(6-9-17-13)14(19)18-8-5-10(2)3/h6,9-10H,4-5,7-8H2,1-3H3,(H,16,17)(H,18,19). The van der Waals surface area contributed by atoms with Gasteiger partial charge in [0.05, 0.1) is 5.56 Å². The van der Waals surface area contributed by atoms with Crippen molar-refractivity contribution in [2.75, 3.05) is 18.4 Å². The summed E-state index contributed by atoms with van der Waals surface area (Å²) in [6.45, 7) is 7.31. The largest absolute Gasteiger partial charge is 0.368 e. The first-order valence-electron chi connectivity index (χ1n) is 6.72. The molecule has 0 aliphatic heterocycles. The highest BCUT2D eigenvalue weighted by atomic mass is 19.1. The molecule has 106 valence electrons. The molecule has 0 atom stereocenters. The number of hydrogen-bond acceptors (Lipinski definition) is 3. The maximum absolute atomic E-state index is 14.0. The number of pyridine rings is 1. The van der Waals surface area contributed by atoms with Crippen LogP contribution in [0.1, 0.15) is 44.0 Å². The average Bonchev–Trinajstić information content (AvgIpc) is 2.37. The number of anilines is 1. The Morgan fingerprint density at radius 3 is 2.79 bits per heavy atom. The average molecular weight is 267 g/mol. The van der Waals surface area contributed by atoms with Crippen molar-refractivity contribution in [1.29, 1.82) is 0 Å². The summed E-state index contributed by atoms with van der Waals surface area (Å²) in [5.41, 5.74) is 0.0392. The van der Waals surface area contributed by atoms with Gasteiger partial charge < -0.3 is 10.6 Å². The topological polar surface area (TPSA) is 54.0 Å². The number of amides is 1. The number of hydrogen-bond donors (Lipinski definition) is 2. The Hall–Kier alpha value is -1.65. The van der Waals surface area contributed by atoms with Crippen molar-refractivity contribution in [3.63, 3.8) is 0 Å². The van der Waals surface area contributed by atoms with Crippen LogP contribution in [0.3, 0.4) is 0 Å². The van der Waals surface area contributed by atoms with Crippen molar-refractivity contribution >= 4 is 11.7 Å². The Kier molecular flexibility index (Phi) is 6.25. The first-order chi connectivity index (χ1) is 9.06. The van der Waals surface area contributed by atoms with Crippen LogP contribution >= 0.6 is 0 Å². The van der Waals surface area contributed by atoms with Crippen molar-refractivity contribution in [1.82, 2.24) is 10.3 Å². The van der Waals surface area contributed by atoms with Crippen LogP contribution in [0.4, 0.5) is 10.2 Å². The van der Waals surface area contributed by atoms with Crippen LogP contribution in [0.2, 0.25) is 0 Å². The van der Waals surface area contributed by atoms with Gasteiger partial charge in [0.1, 0.15) is 0 Å². The van der Waals surface area contributed by atoms with Crippen LogP contribution in [0.15, 0.2) is 12.3 Å². The fourth-order valence-electron chi connectivity index (χ4n) is 1.56. The predicted octanol–water partition coefficient (Wildman–Crippen LogP) is 2.82. The van der Waals surface area contributed by atoms with Crippen LogP contribution < -0.4 is 10.6 Å². The van der Waals surface area contributed by atoms with E-state index in [1.807, 2.05) is 6.92 Å². The minimum absolute atomic E-state index is 0.0392. The fraction of sp³-hybridized carbons (Fsp3) is 0.571. The van der Waals surface area contributed by atoms with E-state index in [4.69, 9.17) is 0 Å². The number of rotatable bonds is 7. The maximum Gasteiger partial charge on any atom is 0.254 e. The molecule has 1 amide bonds. The first-order valence-corrected chi connectivity index (χ1v) is 6.72. The molecule has 1 rings (SSSR count). The van der Waals surface area contributed by atoms with Gasteiger partial charge in [-0.2, -0.15) is 0 Å². The highest BCUT2D eigenvalue weighted by Crippen LogP contribution is 2.15. The molecule has 0 fully saturated rings. The zero-order valence-corrected chi connectivity index (χ0v) is 11.8. The van der Waals surface area contributed by atoms with Crippen LogP contribution in [0, 0.1) is 11.7 Å². The van der Waals surface area contributed by atoms with Gasteiger partial charge in [0.15, 0.2) is 11.6 Å². The summed E-state index contributed by atoms with van der Waals surface area (Å²) in [6, 6.07) is 1.40. The van der Waals surface area contributed by atoms with E-state index in [0.717, 1.165) is 12.8 Å². The van der Waals surface area contributed by atoms with Crippen molar-refractivity contribution < 1.29 is 9.18 Å². The zero-order valence-electron chi connectivity index (χ0n) is 11.8. The summed E-state index contributed by atoms with van der Waals surface area (Å²) in [7, 11) is 0. The van der Waals surface area contributed by atoms with Crippen molar-refractivity contribution in [3.05, 3.63) is 23.6 Å². The molecule has 2 N–H and O–H groups in total. The molecule has 0 bridgehead atoms. The Labute approximate surface area is 113 Å². The Morgan fingerprint density at radius 2 is 2.16 bits per heavy atom. The second kappa shape index (κ2) is 7.71. The molecule has 0 radical (unpaired) electrons. The molecule has 0 aromatic carbocycles. The molecule has 4 nitrogen and oxygen atoms in total. The SMILES string of the molecule is CCCNc1nccc(C(=O)NCCC(C)C)c1F. The van der Waals surface area contributed by atoms with E-state index in [1.165, 1.54) is 12.3 Å². The van der Waals surface area contributed by atoms with Gasteiger partial charge in [-0.05, 0) is 24.8 Å². The van der Waals surface area contributed by atoms with Gasteiger partial charge in [-0.25, -0.2) is 9.37 Å². The highest BCUT2D eigenvalue weighted by molar-refractivity contribution is 5.95. The van der Waals surface area contributed by atoms with Gasteiger partial charge in [-0.1, -0.05) is 20.8 Å². The molecule has 1 aromatic heterocycles. The number of carbonyl (C=O) groups is 1. The third kappa shape index (κ3) is 4.85. The van der Waals surface area contributed by atoms with E-state index in [-0.39, 0.29) is 17.3 Å². The smallest absolute Gasteiger partial charge is 0.254 e. The van der Waals surface area contributed by atoms with Crippen LogP contribution in [-0.4, -0.2) is 24.0 Å². The highest BCUT2D eigenvalue weighted by Gasteiger charge is 2.15. The van der Waals surface area contributed by atoms with E-state index in [0.29, 0.717) is 19.0 Å². The Morgan fingerprint density at radius 1 is 1.42 bits per heavy atom. The number of nitrogens with one attached hydrogen (secondary N) is 2. The molecular formula is C14H22FN3O. The number of nitrogens with zero attached hydrogens (tertiary/aromatic N) is 1. The lowest BCUT2D eigenvalue weighted by Crippen LogP contribution is -2.26. The quantitative estimate of drug-likeness (QED) is 0.798. The molecule has 19 heavy (non-hydrogen) atoms. The molecule has 0 unspecified atom stereocenters. The molecule has 1 heterocycles. The molecule has 0 saturated carbocycles. The second-order valence-electron chi connectivity index (χ2n) is 4.89. The number of aromatic nitrogens is 1. The van der Waals surface area contributed by atoms with Gasteiger partial charge in [-0.3, -0.25) is 4.79 Å². The Bertz CT molecular complexity index is 421. The second-order valence-corrected chi connectivity index (χ2v) is 4.89. The van der Waals surface area contributed by atoms with Gasteiger partial charge in [-0.15, -0.1) is 0 Å². The maximum atomic E-state index is 14.0. The summed E-state index contributed by atoms with van der Waals surface area (Å²) in [5, 5.41) is 5.59. The van der Waals surface area contributed by atoms with Crippen LogP contribution in [0.5, 0.6) is 0 Å². The monoisotopic (exact) mass is 267 g/mol. The molecule has 1 aromatic rings. The minimum Gasteiger partial charge on any atom is -0.368 e. The van der Waals surface area contributed by atoms with E-state index in [9.17, 15) is 9.18 Å². The number of halogens is 1. The minimum atomic E-state index is -0.585.